The van der Waals surface area contributed by atoms with Crippen molar-refractivity contribution in [1.82, 2.24) is 0 Å². The first-order chi connectivity index (χ1) is 12.0. The Bertz CT molecular complexity index is 848. The normalized spacial score (nSPS) is 11.3. The van der Waals surface area contributed by atoms with Crippen molar-refractivity contribution in [1.29, 1.82) is 5.26 Å². The average molecular weight is 375 g/mol. The highest BCUT2D eigenvalue weighted by atomic mass is 35.5. The zero-order valence-electron chi connectivity index (χ0n) is 13.6. The van der Waals surface area contributed by atoms with Crippen LogP contribution in [0.25, 0.3) is 0 Å². The Kier molecular flexibility index (Phi) is 6.45. The second kappa shape index (κ2) is 8.56. The maximum absolute atomic E-state index is 12.3. The van der Waals surface area contributed by atoms with Crippen LogP contribution in [0.15, 0.2) is 47.4 Å². The van der Waals surface area contributed by atoms with Crippen LogP contribution in [0, 0.1) is 11.3 Å². The van der Waals surface area contributed by atoms with Gasteiger partial charge in [0.1, 0.15) is 6.07 Å². The number of halogens is 1. The number of carbonyl (C=O) groups is 2. The quantitative estimate of drug-likeness (QED) is 0.629. The van der Waals surface area contributed by atoms with Gasteiger partial charge in [-0.2, -0.15) is 5.26 Å². The minimum absolute atomic E-state index is 0.200. The average Bonchev–Trinajstić information content (AvgIpc) is 2.62. The molecular formula is C18H15ClN2O3S. The summed E-state index contributed by atoms with van der Waals surface area (Å²) in [5.74, 6) is -1.22. The van der Waals surface area contributed by atoms with Crippen molar-refractivity contribution < 1.29 is 14.3 Å². The summed E-state index contributed by atoms with van der Waals surface area (Å²) in [6.45, 7) is 1.45. The molecule has 2 aromatic carbocycles. The molecule has 0 saturated carbocycles. The number of amides is 1. The van der Waals surface area contributed by atoms with Crippen molar-refractivity contribution in [2.75, 3.05) is 11.6 Å². The van der Waals surface area contributed by atoms with Gasteiger partial charge in [-0.25, -0.2) is 4.79 Å². The Labute approximate surface area is 154 Å². The number of carbonyl (C=O) groups excluding carboxylic acids is 2. The molecule has 25 heavy (non-hydrogen) atoms. The van der Waals surface area contributed by atoms with E-state index in [-0.39, 0.29) is 10.6 Å². The van der Waals surface area contributed by atoms with Gasteiger partial charge < -0.3 is 10.1 Å². The van der Waals surface area contributed by atoms with Gasteiger partial charge in [0.25, 0.3) is 5.91 Å². The van der Waals surface area contributed by atoms with Crippen molar-refractivity contribution in [2.45, 2.75) is 17.9 Å². The van der Waals surface area contributed by atoms with E-state index in [2.05, 4.69) is 5.32 Å². The molecule has 0 radical (unpaired) electrons. The van der Waals surface area contributed by atoms with Gasteiger partial charge in [0, 0.05) is 4.90 Å². The number of benzene rings is 2. The summed E-state index contributed by atoms with van der Waals surface area (Å²) >= 11 is 7.50. The smallest absolute Gasteiger partial charge is 0.340 e. The highest BCUT2D eigenvalue weighted by molar-refractivity contribution is 7.98. The Morgan fingerprint density at radius 1 is 1.28 bits per heavy atom. The first-order valence-corrected chi connectivity index (χ1v) is 8.91. The first-order valence-electron chi connectivity index (χ1n) is 7.30. The van der Waals surface area contributed by atoms with Crippen molar-refractivity contribution in [3.63, 3.8) is 0 Å². The summed E-state index contributed by atoms with van der Waals surface area (Å²) in [5.41, 5.74) is 0.885. The molecule has 2 rings (SSSR count). The number of anilines is 1. The van der Waals surface area contributed by atoms with E-state index in [0.717, 1.165) is 4.90 Å². The van der Waals surface area contributed by atoms with E-state index < -0.39 is 18.0 Å². The van der Waals surface area contributed by atoms with Crippen molar-refractivity contribution in [3.05, 3.63) is 58.6 Å². The van der Waals surface area contributed by atoms with Gasteiger partial charge in [0.15, 0.2) is 6.10 Å². The molecule has 0 aliphatic heterocycles. The van der Waals surface area contributed by atoms with E-state index in [1.165, 1.54) is 18.7 Å². The second-order valence-corrected chi connectivity index (χ2v) is 6.33. The van der Waals surface area contributed by atoms with Crippen LogP contribution in [-0.2, 0) is 9.53 Å². The molecule has 1 atom stereocenters. The number of nitriles is 1. The molecule has 0 saturated heterocycles. The first kappa shape index (κ1) is 18.8. The minimum atomic E-state index is -1.05. The molecule has 2 aromatic rings. The highest BCUT2D eigenvalue weighted by Gasteiger charge is 2.21. The van der Waals surface area contributed by atoms with Crippen molar-refractivity contribution >= 4 is 40.9 Å². The predicted molar refractivity (Wildman–Crippen MR) is 97.9 cm³/mol. The fraction of sp³-hybridized carbons (Fsp3) is 0.167. The van der Waals surface area contributed by atoms with Gasteiger partial charge in [-0.3, -0.25) is 4.79 Å². The zero-order chi connectivity index (χ0) is 18.4. The number of esters is 1. The molecule has 1 N–H and O–H groups in total. The lowest BCUT2D eigenvalue weighted by Crippen LogP contribution is -2.30. The van der Waals surface area contributed by atoms with Crippen LogP contribution in [0.3, 0.4) is 0 Å². The summed E-state index contributed by atoms with van der Waals surface area (Å²) in [6, 6.07) is 13.6. The number of nitrogens with one attached hydrogen (secondary N) is 1. The Balaban J connectivity index is 2.08. The van der Waals surface area contributed by atoms with E-state index in [1.807, 2.05) is 12.3 Å². The van der Waals surface area contributed by atoms with Crippen LogP contribution in [0.5, 0.6) is 0 Å². The number of hydrogen-bond acceptors (Lipinski definition) is 5. The van der Waals surface area contributed by atoms with E-state index in [1.54, 1.807) is 42.5 Å². The summed E-state index contributed by atoms with van der Waals surface area (Å²) < 4.78 is 5.20. The van der Waals surface area contributed by atoms with Gasteiger partial charge in [-0.05, 0) is 43.5 Å². The van der Waals surface area contributed by atoms with Gasteiger partial charge in [-0.1, -0.05) is 23.7 Å². The fourth-order valence-corrected chi connectivity index (χ4v) is 2.62. The molecule has 0 aromatic heterocycles. The van der Waals surface area contributed by atoms with Gasteiger partial charge in [-0.15, -0.1) is 11.8 Å². The van der Waals surface area contributed by atoms with E-state index >= 15 is 0 Å². The fourth-order valence-electron chi connectivity index (χ4n) is 1.99. The Morgan fingerprint density at radius 3 is 2.68 bits per heavy atom. The minimum Gasteiger partial charge on any atom is -0.449 e. The third kappa shape index (κ3) is 4.75. The molecule has 7 heteroatoms. The third-order valence-electron chi connectivity index (χ3n) is 3.35. The van der Waals surface area contributed by atoms with Gasteiger partial charge >= 0.3 is 5.97 Å². The molecule has 0 unspecified atom stereocenters. The summed E-state index contributed by atoms with van der Waals surface area (Å²) in [4.78, 5) is 25.4. The van der Waals surface area contributed by atoms with Crippen molar-refractivity contribution in [3.8, 4) is 6.07 Å². The number of thioether (sulfide) groups is 1. The third-order valence-corrected chi connectivity index (χ3v) is 4.41. The number of rotatable bonds is 5. The van der Waals surface area contributed by atoms with Crippen LogP contribution < -0.4 is 5.32 Å². The van der Waals surface area contributed by atoms with E-state index in [9.17, 15) is 9.59 Å². The molecule has 1 amide bonds. The van der Waals surface area contributed by atoms with E-state index in [4.69, 9.17) is 21.6 Å². The molecular weight excluding hydrogens is 360 g/mol. The van der Waals surface area contributed by atoms with Gasteiger partial charge in [0.2, 0.25) is 0 Å². The lowest BCUT2D eigenvalue weighted by atomic mass is 10.2. The SMILES string of the molecule is CSc1ccc(Cl)c(C(=O)O[C@H](C)C(=O)Nc2ccccc2C#N)c1. The lowest BCUT2D eigenvalue weighted by molar-refractivity contribution is -0.123. The molecule has 0 aliphatic carbocycles. The summed E-state index contributed by atoms with van der Waals surface area (Å²) in [7, 11) is 0. The molecule has 0 aliphatic rings. The van der Waals surface area contributed by atoms with Crippen LogP contribution >= 0.6 is 23.4 Å². The van der Waals surface area contributed by atoms with Crippen molar-refractivity contribution in [2.24, 2.45) is 0 Å². The molecule has 5 nitrogen and oxygen atoms in total. The van der Waals surface area contributed by atoms with Crippen LogP contribution in [-0.4, -0.2) is 24.2 Å². The zero-order valence-corrected chi connectivity index (χ0v) is 15.1. The molecule has 0 bridgehead atoms. The predicted octanol–water partition coefficient (Wildman–Crippen LogP) is 4.12. The van der Waals surface area contributed by atoms with Crippen LogP contribution in [0.4, 0.5) is 5.69 Å². The van der Waals surface area contributed by atoms with Crippen LogP contribution in [0.2, 0.25) is 5.02 Å². The lowest BCUT2D eigenvalue weighted by Gasteiger charge is -2.15. The van der Waals surface area contributed by atoms with E-state index in [0.29, 0.717) is 11.3 Å². The maximum atomic E-state index is 12.3. The molecule has 0 fully saturated rings. The molecule has 0 heterocycles. The topological polar surface area (TPSA) is 79.2 Å². The number of para-hydroxylation sites is 1. The Morgan fingerprint density at radius 2 is 2.00 bits per heavy atom. The highest BCUT2D eigenvalue weighted by Crippen LogP contribution is 2.24. The number of hydrogen-bond donors (Lipinski definition) is 1. The largest absolute Gasteiger partial charge is 0.449 e. The molecule has 0 spiro atoms. The maximum Gasteiger partial charge on any atom is 0.340 e. The summed E-state index contributed by atoms with van der Waals surface area (Å²) in [5, 5.41) is 11.9. The second-order valence-electron chi connectivity index (χ2n) is 5.04. The number of ether oxygens (including phenoxy) is 1. The monoisotopic (exact) mass is 374 g/mol. The van der Waals surface area contributed by atoms with Crippen LogP contribution in [0.1, 0.15) is 22.8 Å². The standard InChI is InChI=1S/C18H15ClN2O3S/c1-11(17(22)21-16-6-4-3-5-12(16)10-20)24-18(23)14-9-13(25-2)7-8-15(14)19/h3-9,11H,1-2H3,(H,21,22)/t11-/m1/s1. The van der Waals surface area contributed by atoms with Gasteiger partial charge in [0.05, 0.1) is 21.8 Å². The Hall–Kier alpha value is -2.49. The number of nitrogens with zero attached hydrogens (tertiary/aromatic N) is 1. The summed E-state index contributed by atoms with van der Waals surface area (Å²) in [6.07, 6.45) is 0.828. The molecule has 128 valence electrons.